The Balaban J connectivity index is 1.52. The van der Waals surface area contributed by atoms with Crippen molar-refractivity contribution >= 4 is 58.9 Å². The number of hydrogen-bond donors (Lipinski definition) is 2. The van der Waals surface area contributed by atoms with Gasteiger partial charge in [-0.25, -0.2) is 21.2 Å². The second-order valence-electron chi connectivity index (χ2n) is 7.96. The number of amides is 1. The minimum Gasteiger partial charge on any atom is -0.325 e. The SMILES string of the molecule is O=C(CN(c1ccccc1F)S(=O)(=O)c1ccccc1)Nc1ccc(S(=O)(=O)Nc2ccc(Br)cc2)cc1. The average Bonchev–Trinajstić information content (AvgIpc) is 2.90. The summed E-state index contributed by atoms with van der Waals surface area (Å²) in [6.45, 7) is -0.719. The van der Waals surface area contributed by atoms with E-state index in [2.05, 4.69) is 26.0 Å². The van der Waals surface area contributed by atoms with Crippen LogP contribution in [0.25, 0.3) is 0 Å². The Morgan fingerprint density at radius 3 is 1.95 bits per heavy atom. The van der Waals surface area contributed by atoms with E-state index in [0.717, 1.165) is 10.5 Å². The van der Waals surface area contributed by atoms with Gasteiger partial charge < -0.3 is 5.32 Å². The van der Waals surface area contributed by atoms with E-state index in [1.807, 2.05) is 0 Å². The van der Waals surface area contributed by atoms with Gasteiger partial charge in [0.2, 0.25) is 5.91 Å². The lowest BCUT2D eigenvalue weighted by molar-refractivity contribution is -0.114. The maximum absolute atomic E-state index is 14.6. The first-order valence-corrected chi connectivity index (χ1v) is 14.8. The predicted octanol–water partition coefficient (Wildman–Crippen LogP) is 5.22. The van der Waals surface area contributed by atoms with Crippen LogP contribution in [0.1, 0.15) is 0 Å². The van der Waals surface area contributed by atoms with E-state index < -0.39 is 38.3 Å². The van der Waals surface area contributed by atoms with Crippen molar-refractivity contribution in [3.8, 4) is 0 Å². The summed E-state index contributed by atoms with van der Waals surface area (Å²) in [5.74, 6) is -1.57. The molecule has 196 valence electrons. The van der Waals surface area contributed by atoms with Gasteiger partial charge in [0.15, 0.2) is 0 Å². The van der Waals surface area contributed by atoms with Crippen molar-refractivity contribution in [3.05, 3.63) is 113 Å². The molecule has 8 nitrogen and oxygen atoms in total. The number of rotatable bonds is 9. The second kappa shape index (κ2) is 11.3. The summed E-state index contributed by atoms with van der Waals surface area (Å²) in [5.41, 5.74) is 0.314. The fourth-order valence-electron chi connectivity index (χ4n) is 3.45. The first-order chi connectivity index (χ1) is 18.1. The maximum Gasteiger partial charge on any atom is 0.264 e. The molecule has 12 heteroatoms. The summed E-state index contributed by atoms with van der Waals surface area (Å²) in [6.07, 6.45) is 0. The second-order valence-corrected chi connectivity index (χ2v) is 12.4. The molecule has 0 saturated carbocycles. The van der Waals surface area contributed by atoms with E-state index in [0.29, 0.717) is 9.99 Å². The monoisotopic (exact) mass is 617 g/mol. The number of anilines is 3. The topological polar surface area (TPSA) is 113 Å². The summed E-state index contributed by atoms with van der Waals surface area (Å²) in [5, 5.41) is 2.53. The maximum atomic E-state index is 14.6. The molecule has 38 heavy (non-hydrogen) atoms. The molecule has 0 aliphatic carbocycles. The van der Waals surface area contributed by atoms with Gasteiger partial charge in [0.05, 0.1) is 15.5 Å². The molecule has 0 spiro atoms. The molecule has 0 aliphatic heterocycles. The highest BCUT2D eigenvalue weighted by Crippen LogP contribution is 2.26. The summed E-state index contributed by atoms with van der Waals surface area (Å²) in [4.78, 5) is 12.7. The van der Waals surface area contributed by atoms with Crippen molar-refractivity contribution in [2.45, 2.75) is 9.79 Å². The number of benzene rings is 4. The van der Waals surface area contributed by atoms with Gasteiger partial charge in [-0.3, -0.25) is 13.8 Å². The number of halogens is 2. The van der Waals surface area contributed by atoms with E-state index in [1.54, 1.807) is 30.3 Å². The van der Waals surface area contributed by atoms with Crippen LogP contribution in [-0.4, -0.2) is 29.3 Å². The number of nitrogens with one attached hydrogen (secondary N) is 2. The van der Waals surface area contributed by atoms with Crippen molar-refractivity contribution in [2.75, 3.05) is 20.9 Å². The van der Waals surface area contributed by atoms with Crippen LogP contribution in [0.3, 0.4) is 0 Å². The molecule has 0 saturated heterocycles. The zero-order valence-electron chi connectivity index (χ0n) is 19.6. The molecular weight excluding hydrogens is 597 g/mol. The van der Waals surface area contributed by atoms with Crippen LogP contribution < -0.4 is 14.3 Å². The first-order valence-electron chi connectivity index (χ1n) is 11.1. The van der Waals surface area contributed by atoms with Crippen molar-refractivity contribution in [1.82, 2.24) is 0 Å². The molecule has 4 aromatic rings. The van der Waals surface area contributed by atoms with E-state index in [1.165, 1.54) is 66.7 Å². The van der Waals surface area contributed by atoms with Crippen LogP contribution in [0.2, 0.25) is 0 Å². The standard InChI is InChI=1S/C26H21BrFN3O5S2/c27-19-10-12-21(13-11-19)30-37(33,34)22-16-14-20(15-17-22)29-26(32)18-31(25-9-5-4-8-24(25)28)38(35,36)23-6-2-1-3-7-23/h1-17,30H,18H2,(H,29,32). The lowest BCUT2D eigenvalue weighted by Gasteiger charge is -2.24. The van der Waals surface area contributed by atoms with Gasteiger partial charge >= 0.3 is 0 Å². The Labute approximate surface area is 228 Å². The summed E-state index contributed by atoms with van der Waals surface area (Å²) < 4.78 is 70.5. The summed E-state index contributed by atoms with van der Waals surface area (Å²) >= 11 is 3.28. The highest BCUT2D eigenvalue weighted by Gasteiger charge is 2.29. The van der Waals surface area contributed by atoms with Crippen LogP contribution in [-0.2, 0) is 24.8 Å². The molecule has 0 fully saturated rings. The Hall–Kier alpha value is -3.74. The molecule has 0 unspecified atom stereocenters. The molecular formula is C26H21BrFN3O5S2. The Morgan fingerprint density at radius 2 is 1.32 bits per heavy atom. The number of sulfonamides is 2. The Kier molecular flexibility index (Phi) is 8.14. The van der Waals surface area contributed by atoms with Crippen LogP contribution in [0.5, 0.6) is 0 Å². The van der Waals surface area contributed by atoms with Gasteiger partial charge in [-0.2, -0.15) is 0 Å². The van der Waals surface area contributed by atoms with Gasteiger partial charge in [-0.1, -0.05) is 46.3 Å². The molecule has 4 aromatic carbocycles. The zero-order valence-corrected chi connectivity index (χ0v) is 22.8. The molecule has 0 heterocycles. The number of para-hydroxylation sites is 1. The van der Waals surface area contributed by atoms with Crippen LogP contribution >= 0.6 is 15.9 Å². The zero-order chi connectivity index (χ0) is 27.3. The van der Waals surface area contributed by atoms with Gasteiger partial charge in [-0.15, -0.1) is 0 Å². The van der Waals surface area contributed by atoms with Crippen molar-refractivity contribution in [3.63, 3.8) is 0 Å². The van der Waals surface area contributed by atoms with Crippen LogP contribution in [0.15, 0.2) is 117 Å². The van der Waals surface area contributed by atoms with E-state index in [4.69, 9.17) is 0 Å². The minimum atomic E-state index is -4.28. The number of nitrogens with zero attached hydrogens (tertiary/aromatic N) is 1. The van der Waals surface area contributed by atoms with E-state index in [9.17, 15) is 26.0 Å². The van der Waals surface area contributed by atoms with E-state index >= 15 is 0 Å². The van der Waals surface area contributed by atoms with Gasteiger partial charge in [-0.05, 0) is 72.8 Å². The third-order valence-corrected chi connectivity index (χ3v) is 8.98. The minimum absolute atomic E-state index is 0.0435. The van der Waals surface area contributed by atoms with Crippen molar-refractivity contribution in [1.29, 1.82) is 0 Å². The lowest BCUT2D eigenvalue weighted by atomic mass is 10.3. The van der Waals surface area contributed by atoms with E-state index in [-0.39, 0.29) is 21.2 Å². The van der Waals surface area contributed by atoms with Gasteiger partial charge in [0.25, 0.3) is 20.0 Å². The largest absolute Gasteiger partial charge is 0.325 e. The third kappa shape index (κ3) is 6.39. The molecule has 0 radical (unpaired) electrons. The van der Waals surface area contributed by atoms with Crippen molar-refractivity contribution < 1.29 is 26.0 Å². The fraction of sp³-hybridized carbons (Fsp3) is 0.0385. The molecule has 0 aliphatic rings. The lowest BCUT2D eigenvalue weighted by Crippen LogP contribution is -2.38. The molecule has 0 atom stereocenters. The Morgan fingerprint density at radius 1 is 0.737 bits per heavy atom. The normalized spacial score (nSPS) is 11.5. The molecule has 1 amide bonds. The highest BCUT2D eigenvalue weighted by molar-refractivity contribution is 9.10. The molecule has 4 rings (SSSR count). The number of hydrogen-bond acceptors (Lipinski definition) is 5. The molecule has 0 bridgehead atoms. The summed E-state index contributed by atoms with van der Waals surface area (Å²) in [6, 6.07) is 24.5. The Bertz CT molecular complexity index is 1650. The van der Waals surface area contributed by atoms with Crippen LogP contribution in [0, 0.1) is 5.82 Å². The smallest absolute Gasteiger partial charge is 0.264 e. The fourth-order valence-corrected chi connectivity index (χ4v) is 6.23. The number of carbonyl (C=O) groups is 1. The first kappa shape index (κ1) is 27.3. The third-order valence-electron chi connectivity index (χ3n) is 5.28. The van der Waals surface area contributed by atoms with Crippen LogP contribution in [0.4, 0.5) is 21.5 Å². The quantitative estimate of drug-likeness (QED) is 0.267. The van der Waals surface area contributed by atoms with Gasteiger partial charge in [0, 0.05) is 15.8 Å². The molecule has 2 N–H and O–H groups in total. The highest BCUT2D eigenvalue weighted by atomic mass is 79.9. The number of carbonyl (C=O) groups excluding carboxylic acids is 1. The average molecular weight is 619 g/mol. The molecule has 0 aromatic heterocycles. The summed E-state index contributed by atoms with van der Waals surface area (Å²) in [7, 11) is -8.17. The van der Waals surface area contributed by atoms with Gasteiger partial charge in [0.1, 0.15) is 12.4 Å². The predicted molar refractivity (Wildman–Crippen MR) is 147 cm³/mol. The van der Waals surface area contributed by atoms with Crippen molar-refractivity contribution in [2.24, 2.45) is 0 Å².